The van der Waals surface area contributed by atoms with E-state index in [2.05, 4.69) is 36.3 Å². The minimum atomic E-state index is 0.0839. The summed E-state index contributed by atoms with van der Waals surface area (Å²) >= 11 is 0. The quantitative estimate of drug-likeness (QED) is 0.918. The fraction of sp³-hybridized carbons (Fsp3) is 0.632. The predicted molar refractivity (Wildman–Crippen MR) is 91.5 cm³/mol. The van der Waals surface area contributed by atoms with Crippen LogP contribution in [0.3, 0.4) is 0 Å². The SMILES string of the molecule is C[C@H](CC1CCCCC1)NC(=O)c1ccc2c(c1)CCN2C. The molecule has 1 aromatic carbocycles. The minimum Gasteiger partial charge on any atom is -0.374 e. The molecule has 3 nitrogen and oxygen atoms in total. The highest BCUT2D eigenvalue weighted by atomic mass is 16.1. The summed E-state index contributed by atoms with van der Waals surface area (Å²) in [6, 6.07) is 6.39. The Balaban J connectivity index is 1.57. The van der Waals surface area contributed by atoms with Crippen LogP contribution < -0.4 is 10.2 Å². The van der Waals surface area contributed by atoms with Crippen LogP contribution >= 0.6 is 0 Å². The summed E-state index contributed by atoms with van der Waals surface area (Å²) in [6.07, 6.45) is 8.97. The highest BCUT2D eigenvalue weighted by Crippen LogP contribution is 2.28. The zero-order valence-electron chi connectivity index (χ0n) is 13.9. The van der Waals surface area contributed by atoms with Crippen LogP contribution in [0.25, 0.3) is 0 Å². The largest absolute Gasteiger partial charge is 0.374 e. The maximum atomic E-state index is 12.5. The van der Waals surface area contributed by atoms with Gasteiger partial charge in [-0.3, -0.25) is 4.79 Å². The van der Waals surface area contributed by atoms with E-state index in [0.717, 1.165) is 30.9 Å². The van der Waals surface area contributed by atoms with E-state index in [0.29, 0.717) is 0 Å². The third-order valence-electron chi connectivity index (χ3n) is 5.26. The van der Waals surface area contributed by atoms with Crippen LogP contribution in [0.2, 0.25) is 0 Å². The van der Waals surface area contributed by atoms with Crippen molar-refractivity contribution < 1.29 is 4.79 Å². The lowest BCUT2D eigenvalue weighted by molar-refractivity contribution is 0.0933. The molecule has 1 aromatic rings. The first kappa shape index (κ1) is 15.4. The zero-order chi connectivity index (χ0) is 15.5. The van der Waals surface area contributed by atoms with E-state index in [4.69, 9.17) is 0 Å². The Morgan fingerprint density at radius 1 is 1.32 bits per heavy atom. The highest BCUT2D eigenvalue weighted by molar-refractivity contribution is 5.95. The van der Waals surface area contributed by atoms with Gasteiger partial charge < -0.3 is 10.2 Å². The lowest BCUT2D eigenvalue weighted by atomic mass is 9.85. The first-order valence-electron chi connectivity index (χ1n) is 8.78. The molecular weight excluding hydrogens is 272 g/mol. The molecule has 1 atom stereocenters. The molecule has 1 aliphatic carbocycles. The summed E-state index contributed by atoms with van der Waals surface area (Å²) < 4.78 is 0. The molecule has 1 N–H and O–H groups in total. The number of hydrogen-bond donors (Lipinski definition) is 1. The van der Waals surface area contributed by atoms with Gasteiger partial charge in [-0.25, -0.2) is 0 Å². The molecular formula is C19H28N2O. The number of carbonyl (C=O) groups is 1. The zero-order valence-corrected chi connectivity index (χ0v) is 13.9. The molecule has 0 saturated heterocycles. The van der Waals surface area contributed by atoms with Crippen molar-refractivity contribution in [3.63, 3.8) is 0 Å². The second-order valence-corrected chi connectivity index (χ2v) is 7.13. The number of fused-ring (bicyclic) bond motifs is 1. The van der Waals surface area contributed by atoms with Crippen molar-refractivity contribution in [2.45, 2.75) is 57.9 Å². The van der Waals surface area contributed by atoms with Gasteiger partial charge in [-0.15, -0.1) is 0 Å². The number of hydrogen-bond acceptors (Lipinski definition) is 2. The molecule has 0 unspecified atom stereocenters. The number of rotatable bonds is 4. The van der Waals surface area contributed by atoms with Crippen LogP contribution in [-0.4, -0.2) is 25.5 Å². The standard InChI is InChI=1S/C19H28N2O/c1-14(12-15-6-4-3-5-7-15)20-19(22)17-8-9-18-16(13-17)10-11-21(18)2/h8-9,13-15H,3-7,10-12H2,1-2H3,(H,20,22)/t14-/m1/s1. The summed E-state index contributed by atoms with van der Waals surface area (Å²) in [7, 11) is 2.11. The average Bonchev–Trinajstić information content (AvgIpc) is 2.89. The molecule has 1 fully saturated rings. The van der Waals surface area contributed by atoms with Crippen LogP contribution in [0.1, 0.15) is 61.4 Å². The van der Waals surface area contributed by atoms with E-state index in [-0.39, 0.29) is 11.9 Å². The van der Waals surface area contributed by atoms with Crippen molar-refractivity contribution >= 4 is 11.6 Å². The third-order valence-corrected chi connectivity index (χ3v) is 5.26. The van der Waals surface area contributed by atoms with E-state index in [1.54, 1.807) is 0 Å². The molecule has 1 heterocycles. The summed E-state index contributed by atoms with van der Waals surface area (Å²) in [4.78, 5) is 14.7. The van der Waals surface area contributed by atoms with Crippen molar-refractivity contribution in [2.75, 3.05) is 18.5 Å². The molecule has 22 heavy (non-hydrogen) atoms. The Bertz CT molecular complexity index is 534. The van der Waals surface area contributed by atoms with Crippen LogP contribution in [0.5, 0.6) is 0 Å². The van der Waals surface area contributed by atoms with Crippen LogP contribution in [0.15, 0.2) is 18.2 Å². The van der Waals surface area contributed by atoms with E-state index in [1.165, 1.54) is 43.4 Å². The van der Waals surface area contributed by atoms with Crippen LogP contribution in [-0.2, 0) is 6.42 Å². The summed E-state index contributed by atoms with van der Waals surface area (Å²) in [5, 5.41) is 3.19. The molecule has 0 aromatic heterocycles. The first-order chi connectivity index (χ1) is 10.6. The lowest BCUT2D eigenvalue weighted by Gasteiger charge is -2.25. The number of benzene rings is 1. The van der Waals surface area contributed by atoms with Gasteiger partial charge in [-0.05, 0) is 49.4 Å². The van der Waals surface area contributed by atoms with Crippen molar-refractivity contribution in [3.05, 3.63) is 29.3 Å². The molecule has 1 aliphatic heterocycles. The van der Waals surface area contributed by atoms with Gasteiger partial charge in [0, 0.05) is 30.9 Å². The van der Waals surface area contributed by atoms with E-state index in [1.807, 2.05) is 6.07 Å². The van der Waals surface area contributed by atoms with E-state index >= 15 is 0 Å². The van der Waals surface area contributed by atoms with Crippen molar-refractivity contribution in [1.82, 2.24) is 5.32 Å². The number of nitrogens with one attached hydrogen (secondary N) is 1. The Hall–Kier alpha value is -1.51. The smallest absolute Gasteiger partial charge is 0.251 e. The summed E-state index contributed by atoms with van der Waals surface area (Å²) in [5.74, 6) is 0.887. The number of anilines is 1. The molecule has 2 aliphatic rings. The average molecular weight is 300 g/mol. The van der Waals surface area contributed by atoms with Crippen molar-refractivity contribution in [1.29, 1.82) is 0 Å². The maximum absolute atomic E-state index is 12.5. The number of nitrogens with zero attached hydrogens (tertiary/aromatic N) is 1. The molecule has 1 amide bonds. The fourth-order valence-electron chi connectivity index (χ4n) is 4.00. The Morgan fingerprint density at radius 3 is 2.86 bits per heavy atom. The normalized spacial score (nSPS) is 19.8. The topological polar surface area (TPSA) is 32.3 Å². The van der Waals surface area contributed by atoms with Gasteiger partial charge in [-0.1, -0.05) is 32.1 Å². The van der Waals surface area contributed by atoms with Gasteiger partial charge in [-0.2, -0.15) is 0 Å². The maximum Gasteiger partial charge on any atom is 0.251 e. The van der Waals surface area contributed by atoms with Gasteiger partial charge in [0.1, 0.15) is 0 Å². The molecule has 120 valence electrons. The first-order valence-corrected chi connectivity index (χ1v) is 8.78. The molecule has 1 saturated carbocycles. The monoisotopic (exact) mass is 300 g/mol. The van der Waals surface area contributed by atoms with E-state index < -0.39 is 0 Å². The number of likely N-dealkylation sites (N-methyl/N-ethyl adjacent to an activating group) is 1. The third kappa shape index (κ3) is 3.45. The van der Waals surface area contributed by atoms with E-state index in [9.17, 15) is 4.79 Å². The Kier molecular flexibility index (Phi) is 4.70. The Labute approximate surface area is 134 Å². The van der Waals surface area contributed by atoms with Crippen LogP contribution in [0, 0.1) is 5.92 Å². The summed E-state index contributed by atoms with van der Waals surface area (Å²) in [5.41, 5.74) is 3.38. The minimum absolute atomic E-state index is 0.0839. The highest BCUT2D eigenvalue weighted by Gasteiger charge is 2.20. The lowest BCUT2D eigenvalue weighted by Crippen LogP contribution is -2.34. The second kappa shape index (κ2) is 6.72. The van der Waals surface area contributed by atoms with Gasteiger partial charge in [0.2, 0.25) is 0 Å². The van der Waals surface area contributed by atoms with Crippen molar-refractivity contribution in [2.24, 2.45) is 5.92 Å². The molecule has 0 bridgehead atoms. The number of amides is 1. The van der Waals surface area contributed by atoms with Gasteiger partial charge in [0.05, 0.1) is 0 Å². The summed E-state index contributed by atoms with van der Waals surface area (Å²) in [6.45, 7) is 3.20. The van der Waals surface area contributed by atoms with Gasteiger partial charge >= 0.3 is 0 Å². The van der Waals surface area contributed by atoms with Gasteiger partial charge in [0.15, 0.2) is 0 Å². The second-order valence-electron chi connectivity index (χ2n) is 7.13. The number of carbonyl (C=O) groups excluding carboxylic acids is 1. The van der Waals surface area contributed by atoms with Crippen molar-refractivity contribution in [3.8, 4) is 0 Å². The predicted octanol–water partition coefficient (Wildman–Crippen LogP) is 3.77. The van der Waals surface area contributed by atoms with Gasteiger partial charge in [0.25, 0.3) is 5.91 Å². The molecule has 0 radical (unpaired) electrons. The molecule has 0 spiro atoms. The molecule has 3 heteroatoms. The molecule has 3 rings (SSSR count). The fourth-order valence-corrected chi connectivity index (χ4v) is 4.00. The Morgan fingerprint density at radius 2 is 2.09 bits per heavy atom. The van der Waals surface area contributed by atoms with Crippen LogP contribution in [0.4, 0.5) is 5.69 Å².